The van der Waals surface area contributed by atoms with Gasteiger partial charge in [0.1, 0.15) is 11.9 Å². The van der Waals surface area contributed by atoms with E-state index in [1.54, 1.807) is 24.5 Å². The van der Waals surface area contributed by atoms with Gasteiger partial charge >= 0.3 is 0 Å². The van der Waals surface area contributed by atoms with Crippen molar-refractivity contribution < 1.29 is 17.9 Å². The van der Waals surface area contributed by atoms with Gasteiger partial charge in [-0.25, -0.2) is 8.42 Å². The molecule has 7 heteroatoms. The molecule has 6 nitrogen and oxygen atoms in total. The lowest BCUT2D eigenvalue weighted by Crippen LogP contribution is -2.55. The lowest BCUT2D eigenvalue weighted by Gasteiger charge is -2.37. The number of sulfonamides is 1. The molecule has 1 aromatic heterocycles. The number of carbonyl (C=O) groups is 1. The number of aromatic nitrogens is 1. The Morgan fingerprint density at radius 3 is 2.48 bits per heavy atom. The summed E-state index contributed by atoms with van der Waals surface area (Å²) in [6, 6.07) is 9.52. The van der Waals surface area contributed by atoms with E-state index in [0.717, 1.165) is 0 Å². The summed E-state index contributed by atoms with van der Waals surface area (Å²) in [6.45, 7) is 2.04. The van der Waals surface area contributed by atoms with Crippen LogP contribution < -0.4 is 4.74 Å². The standard InChI is InChI=1S/C16H16N2O4S/c1-12(19)13-4-6-16(7-5-13)23(20,21)18-10-15(11-18)22-14-3-2-8-17-9-14/h2-9,15H,10-11H2,1H3. The molecule has 0 N–H and O–H groups in total. The second kappa shape index (κ2) is 6.10. The first-order valence-electron chi connectivity index (χ1n) is 7.14. The Morgan fingerprint density at radius 2 is 1.91 bits per heavy atom. The van der Waals surface area contributed by atoms with Crippen molar-refractivity contribution in [3.8, 4) is 5.75 Å². The number of hydrogen-bond acceptors (Lipinski definition) is 5. The van der Waals surface area contributed by atoms with E-state index in [1.165, 1.54) is 35.5 Å². The lowest BCUT2D eigenvalue weighted by atomic mass is 10.2. The molecule has 0 radical (unpaired) electrons. The molecule has 1 saturated heterocycles. The first-order chi connectivity index (χ1) is 11.0. The van der Waals surface area contributed by atoms with E-state index < -0.39 is 10.0 Å². The maximum Gasteiger partial charge on any atom is 0.243 e. The molecule has 1 fully saturated rings. The molecular weight excluding hydrogens is 316 g/mol. The summed E-state index contributed by atoms with van der Waals surface area (Å²) in [5, 5.41) is 0. The van der Waals surface area contributed by atoms with Crippen LogP contribution in [0.1, 0.15) is 17.3 Å². The van der Waals surface area contributed by atoms with E-state index in [0.29, 0.717) is 24.4 Å². The molecular formula is C16H16N2O4S. The van der Waals surface area contributed by atoms with Gasteiger partial charge < -0.3 is 4.74 Å². The van der Waals surface area contributed by atoms with Crippen LogP contribution in [0.3, 0.4) is 0 Å². The van der Waals surface area contributed by atoms with Crippen LogP contribution in [0, 0.1) is 0 Å². The number of benzene rings is 1. The van der Waals surface area contributed by atoms with Crippen LogP contribution in [0.15, 0.2) is 53.7 Å². The number of rotatable bonds is 5. The summed E-state index contributed by atoms with van der Waals surface area (Å²) in [7, 11) is -3.54. The van der Waals surface area contributed by atoms with E-state index in [9.17, 15) is 13.2 Å². The molecule has 1 aliphatic rings. The predicted octanol–water partition coefficient (Wildman–Crippen LogP) is 1.74. The largest absolute Gasteiger partial charge is 0.486 e. The molecule has 0 spiro atoms. The highest BCUT2D eigenvalue weighted by molar-refractivity contribution is 7.89. The Bertz CT molecular complexity index is 798. The van der Waals surface area contributed by atoms with Crippen LogP contribution >= 0.6 is 0 Å². The van der Waals surface area contributed by atoms with Crippen LogP contribution in [-0.4, -0.2) is 42.7 Å². The first-order valence-corrected chi connectivity index (χ1v) is 8.58. The van der Waals surface area contributed by atoms with Gasteiger partial charge in [-0.05, 0) is 31.2 Å². The minimum atomic E-state index is -3.54. The Labute approximate surface area is 134 Å². The van der Waals surface area contributed by atoms with Crippen molar-refractivity contribution in [3.63, 3.8) is 0 Å². The van der Waals surface area contributed by atoms with Crippen LogP contribution in [0.25, 0.3) is 0 Å². The summed E-state index contributed by atoms with van der Waals surface area (Å²) >= 11 is 0. The van der Waals surface area contributed by atoms with Crippen molar-refractivity contribution in [1.82, 2.24) is 9.29 Å². The fourth-order valence-electron chi connectivity index (χ4n) is 2.29. The average Bonchev–Trinajstić information content (AvgIpc) is 2.51. The minimum Gasteiger partial charge on any atom is -0.486 e. The van der Waals surface area contributed by atoms with Crippen molar-refractivity contribution >= 4 is 15.8 Å². The van der Waals surface area contributed by atoms with E-state index in [-0.39, 0.29) is 16.8 Å². The van der Waals surface area contributed by atoms with Crippen molar-refractivity contribution in [2.24, 2.45) is 0 Å². The zero-order valence-corrected chi connectivity index (χ0v) is 13.4. The van der Waals surface area contributed by atoms with E-state index in [4.69, 9.17) is 4.74 Å². The predicted molar refractivity (Wildman–Crippen MR) is 83.9 cm³/mol. The molecule has 0 aliphatic carbocycles. The zero-order valence-electron chi connectivity index (χ0n) is 12.5. The number of ether oxygens (including phenoxy) is 1. The highest BCUT2D eigenvalue weighted by Crippen LogP contribution is 2.24. The highest BCUT2D eigenvalue weighted by Gasteiger charge is 2.38. The number of nitrogens with zero attached hydrogens (tertiary/aromatic N) is 2. The van der Waals surface area contributed by atoms with Crippen molar-refractivity contribution in [1.29, 1.82) is 0 Å². The van der Waals surface area contributed by atoms with Gasteiger partial charge in [0.2, 0.25) is 10.0 Å². The number of Topliss-reactive ketones (excluding diaryl/α,β-unsaturated/α-hetero) is 1. The first kappa shape index (κ1) is 15.6. The second-order valence-electron chi connectivity index (χ2n) is 5.33. The van der Waals surface area contributed by atoms with E-state index >= 15 is 0 Å². The fourth-order valence-corrected chi connectivity index (χ4v) is 3.79. The Morgan fingerprint density at radius 1 is 1.22 bits per heavy atom. The molecule has 1 aliphatic heterocycles. The number of carbonyl (C=O) groups excluding carboxylic acids is 1. The minimum absolute atomic E-state index is 0.0946. The van der Waals surface area contributed by atoms with E-state index in [1.807, 2.05) is 0 Å². The van der Waals surface area contributed by atoms with E-state index in [2.05, 4.69) is 4.98 Å². The van der Waals surface area contributed by atoms with Crippen molar-refractivity contribution in [2.45, 2.75) is 17.9 Å². The average molecular weight is 332 g/mol. The molecule has 0 atom stereocenters. The molecule has 1 aromatic carbocycles. The summed E-state index contributed by atoms with van der Waals surface area (Å²) in [6.07, 6.45) is 3.07. The van der Waals surface area contributed by atoms with Gasteiger partial charge in [-0.15, -0.1) is 0 Å². The normalized spacial score (nSPS) is 15.9. The monoisotopic (exact) mass is 332 g/mol. The molecule has 23 heavy (non-hydrogen) atoms. The molecule has 0 amide bonds. The molecule has 3 rings (SSSR count). The van der Waals surface area contributed by atoms with Crippen LogP contribution in [-0.2, 0) is 10.0 Å². The van der Waals surface area contributed by atoms with Crippen LogP contribution in [0.5, 0.6) is 5.75 Å². The molecule has 0 unspecified atom stereocenters. The Hall–Kier alpha value is -2.25. The number of hydrogen-bond donors (Lipinski definition) is 0. The summed E-state index contributed by atoms with van der Waals surface area (Å²) < 4.78 is 31.9. The van der Waals surface area contributed by atoms with Gasteiger partial charge in [-0.2, -0.15) is 4.31 Å². The fraction of sp³-hybridized carbons (Fsp3) is 0.250. The summed E-state index contributed by atoms with van der Waals surface area (Å²) in [5.41, 5.74) is 0.491. The molecule has 2 heterocycles. The number of ketones is 1. The summed E-state index contributed by atoms with van der Waals surface area (Å²) in [5.74, 6) is 0.531. The van der Waals surface area contributed by atoms with Crippen LogP contribution in [0.4, 0.5) is 0 Å². The smallest absolute Gasteiger partial charge is 0.243 e. The second-order valence-corrected chi connectivity index (χ2v) is 7.27. The Kier molecular flexibility index (Phi) is 4.14. The maximum atomic E-state index is 12.5. The summed E-state index contributed by atoms with van der Waals surface area (Å²) in [4.78, 5) is 15.4. The lowest BCUT2D eigenvalue weighted by molar-refractivity contribution is 0.0759. The molecule has 2 aromatic rings. The topological polar surface area (TPSA) is 76.6 Å². The zero-order chi connectivity index (χ0) is 16.4. The third kappa shape index (κ3) is 3.25. The molecule has 0 saturated carbocycles. The van der Waals surface area contributed by atoms with Gasteiger partial charge in [0.25, 0.3) is 0 Å². The van der Waals surface area contributed by atoms with Crippen molar-refractivity contribution in [2.75, 3.05) is 13.1 Å². The maximum absolute atomic E-state index is 12.5. The van der Waals surface area contributed by atoms with Crippen molar-refractivity contribution in [3.05, 3.63) is 54.4 Å². The van der Waals surface area contributed by atoms with Gasteiger partial charge in [0, 0.05) is 11.8 Å². The van der Waals surface area contributed by atoms with Crippen LogP contribution in [0.2, 0.25) is 0 Å². The third-order valence-electron chi connectivity index (χ3n) is 3.65. The molecule has 0 bridgehead atoms. The quantitative estimate of drug-likeness (QED) is 0.780. The number of pyridine rings is 1. The van der Waals surface area contributed by atoms with Gasteiger partial charge in [-0.1, -0.05) is 12.1 Å². The Balaban J connectivity index is 1.65. The van der Waals surface area contributed by atoms with Gasteiger partial charge in [-0.3, -0.25) is 9.78 Å². The SMILES string of the molecule is CC(=O)c1ccc(S(=O)(=O)N2CC(Oc3cccnc3)C2)cc1. The third-order valence-corrected chi connectivity index (χ3v) is 5.50. The van der Waals surface area contributed by atoms with Gasteiger partial charge in [0.05, 0.1) is 24.2 Å². The van der Waals surface area contributed by atoms with Gasteiger partial charge in [0.15, 0.2) is 5.78 Å². The highest BCUT2D eigenvalue weighted by atomic mass is 32.2. The molecule has 120 valence electrons.